The molecule has 0 aliphatic heterocycles. The molecule has 0 aromatic heterocycles. The van der Waals surface area contributed by atoms with Crippen LogP contribution in [0, 0.1) is 4.91 Å². The SMILES string of the molecule is O=NCc1ccc(B(O)O)cc1. The lowest BCUT2D eigenvalue weighted by Gasteiger charge is -1.98. The third-order valence-electron chi connectivity index (χ3n) is 1.52. The molecule has 1 aromatic rings. The molecule has 1 rings (SSSR count). The van der Waals surface area contributed by atoms with E-state index in [4.69, 9.17) is 10.0 Å². The van der Waals surface area contributed by atoms with Crippen LogP contribution in [0.1, 0.15) is 5.56 Å². The van der Waals surface area contributed by atoms with Crippen molar-refractivity contribution in [2.24, 2.45) is 5.18 Å². The highest BCUT2D eigenvalue weighted by Crippen LogP contribution is 1.98. The Morgan fingerprint density at radius 2 is 1.83 bits per heavy atom. The molecular formula is C7H8BNO3. The molecule has 0 atom stereocenters. The van der Waals surface area contributed by atoms with Crippen molar-refractivity contribution in [2.75, 3.05) is 0 Å². The zero-order valence-electron chi connectivity index (χ0n) is 6.34. The highest BCUT2D eigenvalue weighted by atomic mass is 16.4. The fourth-order valence-electron chi connectivity index (χ4n) is 0.870. The van der Waals surface area contributed by atoms with E-state index in [0.717, 1.165) is 5.56 Å². The van der Waals surface area contributed by atoms with Crippen molar-refractivity contribution < 1.29 is 10.0 Å². The molecule has 0 saturated heterocycles. The summed E-state index contributed by atoms with van der Waals surface area (Å²) in [5, 5.41) is 20.1. The normalized spacial score (nSPS) is 9.50. The largest absolute Gasteiger partial charge is 0.488 e. The van der Waals surface area contributed by atoms with E-state index in [1.807, 2.05) is 0 Å². The second-order valence-electron chi connectivity index (χ2n) is 2.40. The number of hydrogen-bond donors (Lipinski definition) is 2. The smallest absolute Gasteiger partial charge is 0.423 e. The summed E-state index contributed by atoms with van der Waals surface area (Å²) < 4.78 is 0. The monoisotopic (exact) mass is 165 g/mol. The van der Waals surface area contributed by atoms with Crippen molar-refractivity contribution in [1.29, 1.82) is 0 Å². The van der Waals surface area contributed by atoms with Crippen molar-refractivity contribution in [3.8, 4) is 0 Å². The van der Waals surface area contributed by atoms with Crippen LogP contribution in [0.25, 0.3) is 0 Å². The van der Waals surface area contributed by atoms with Crippen molar-refractivity contribution in [2.45, 2.75) is 6.54 Å². The Balaban J connectivity index is 2.78. The zero-order chi connectivity index (χ0) is 8.97. The Kier molecular flexibility index (Phi) is 2.96. The average molecular weight is 165 g/mol. The minimum Gasteiger partial charge on any atom is -0.423 e. The summed E-state index contributed by atoms with van der Waals surface area (Å²) in [6.07, 6.45) is 0. The van der Waals surface area contributed by atoms with Gasteiger partial charge in [-0.2, -0.15) is 4.91 Å². The summed E-state index contributed by atoms with van der Waals surface area (Å²) in [5.41, 5.74) is 1.17. The van der Waals surface area contributed by atoms with Crippen LogP contribution in [0.15, 0.2) is 29.4 Å². The number of nitrogens with zero attached hydrogens (tertiary/aromatic N) is 1. The molecule has 4 nitrogen and oxygen atoms in total. The molecule has 0 unspecified atom stereocenters. The number of hydrogen-bond acceptors (Lipinski definition) is 4. The Labute approximate surface area is 70.0 Å². The van der Waals surface area contributed by atoms with Crippen LogP contribution in [0.4, 0.5) is 0 Å². The van der Waals surface area contributed by atoms with Gasteiger partial charge in [0.05, 0.1) is 0 Å². The lowest BCUT2D eigenvalue weighted by Crippen LogP contribution is -2.29. The van der Waals surface area contributed by atoms with Crippen molar-refractivity contribution >= 4 is 12.6 Å². The minimum absolute atomic E-state index is 0.113. The zero-order valence-corrected chi connectivity index (χ0v) is 6.34. The number of nitroso groups, excluding NO2 is 1. The van der Waals surface area contributed by atoms with Crippen LogP contribution in [0.3, 0.4) is 0 Å². The van der Waals surface area contributed by atoms with Gasteiger partial charge in [-0.15, -0.1) is 0 Å². The molecule has 0 spiro atoms. The van der Waals surface area contributed by atoms with Gasteiger partial charge in [-0.3, -0.25) is 0 Å². The molecule has 62 valence electrons. The first-order valence-electron chi connectivity index (χ1n) is 3.48. The van der Waals surface area contributed by atoms with E-state index in [0.29, 0.717) is 5.46 Å². The number of benzene rings is 1. The van der Waals surface area contributed by atoms with Gasteiger partial charge in [0.25, 0.3) is 0 Å². The van der Waals surface area contributed by atoms with E-state index in [1.54, 1.807) is 24.3 Å². The third kappa shape index (κ3) is 2.15. The van der Waals surface area contributed by atoms with Gasteiger partial charge in [-0.25, -0.2) is 0 Å². The van der Waals surface area contributed by atoms with Crippen molar-refractivity contribution in [3.05, 3.63) is 34.7 Å². The van der Waals surface area contributed by atoms with Gasteiger partial charge >= 0.3 is 7.12 Å². The molecule has 0 aliphatic carbocycles. The molecule has 0 amide bonds. The maximum absolute atomic E-state index is 9.84. The summed E-state index contributed by atoms with van der Waals surface area (Å²) in [6.45, 7) is 0.113. The van der Waals surface area contributed by atoms with Gasteiger partial charge < -0.3 is 10.0 Å². The first-order chi connectivity index (χ1) is 5.74. The quantitative estimate of drug-likeness (QED) is 0.474. The van der Waals surface area contributed by atoms with Gasteiger partial charge in [-0.1, -0.05) is 29.4 Å². The molecule has 0 aliphatic rings. The maximum atomic E-state index is 9.84. The maximum Gasteiger partial charge on any atom is 0.488 e. The molecule has 0 radical (unpaired) electrons. The lowest BCUT2D eigenvalue weighted by atomic mass is 9.80. The van der Waals surface area contributed by atoms with E-state index in [9.17, 15) is 4.91 Å². The van der Waals surface area contributed by atoms with Crippen LogP contribution in [0.5, 0.6) is 0 Å². The molecule has 5 heteroatoms. The molecule has 12 heavy (non-hydrogen) atoms. The predicted molar refractivity (Wildman–Crippen MR) is 45.8 cm³/mol. The second-order valence-corrected chi connectivity index (χ2v) is 2.40. The van der Waals surface area contributed by atoms with Gasteiger partial charge in [0.1, 0.15) is 6.54 Å². The Hall–Kier alpha value is -1.20. The molecule has 0 fully saturated rings. The van der Waals surface area contributed by atoms with E-state index in [1.165, 1.54) is 0 Å². The molecule has 1 aromatic carbocycles. The summed E-state index contributed by atoms with van der Waals surface area (Å²) in [7, 11) is -1.46. The Morgan fingerprint density at radius 1 is 1.25 bits per heavy atom. The Bertz CT molecular complexity index is 260. The third-order valence-corrected chi connectivity index (χ3v) is 1.52. The van der Waals surface area contributed by atoms with Crippen LogP contribution >= 0.6 is 0 Å². The van der Waals surface area contributed by atoms with Crippen LogP contribution in [0.2, 0.25) is 0 Å². The summed E-state index contributed by atoms with van der Waals surface area (Å²) >= 11 is 0. The van der Waals surface area contributed by atoms with E-state index < -0.39 is 7.12 Å². The Morgan fingerprint density at radius 3 is 2.25 bits per heavy atom. The first kappa shape index (κ1) is 8.90. The average Bonchev–Trinajstić information content (AvgIpc) is 2.06. The molecule has 0 heterocycles. The predicted octanol–water partition coefficient (Wildman–Crippen LogP) is -0.367. The lowest BCUT2D eigenvalue weighted by molar-refractivity contribution is 0.426. The van der Waals surface area contributed by atoms with Gasteiger partial charge in [-0.05, 0) is 11.0 Å². The van der Waals surface area contributed by atoms with Gasteiger partial charge in [0.2, 0.25) is 0 Å². The number of rotatable bonds is 3. The van der Waals surface area contributed by atoms with Crippen LogP contribution in [-0.4, -0.2) is 17.2 Å². The van der Waals surface area contributed by atoms with Gasteiger partial charge in [0.15, 0.2) is 0 Å². The van der Waals surface area contributed by atoms with Crippen molar-refractivity contribution in [1.82, 2.24) is 0 Å². The second kappa shape index (κ2) is 3.99. The van der Waals surface area contributed by atoms with Crippen LogP contribution in [-0.2, 0) is 6.54 Å². The summed E-state index contributed by atoms with van der Waals surface area (Å²) in [4.78, 5) is 9.84. The topological polar surface area (TPSA) is 69.9 Å². The molecular weight excluding hydrogens is 157 g/mol. The van der Waals surface area contributed by atoms with E-state index in [-0.39, 0.29) is 6.54 Å². The summed E-state index contributed by atoms with van der Waals surface area (Å²) in [6, 6.07) is 6.36. The standard InChI is InChI=1S/C7H8BNO3/c10-8(11)7-3-1-6(2-4-7)5-9-12/h1-4,10-11H,5H2. The molecule has 2 N–H and O–H groups in total. The van der Waals surface area contributed by atoms with E-state index >= 15 is 0 Å². The molecule has 0 saturated carbocycles. The fraction of sp³-hybridized carbons (Fsp3) is 0.143. The first-order valence-corrected chi connectivity index (χ1v) is 3.48. The van der Waals surface area contributed by atoms with Gasteiger partial charge in [0, 0.05) is 0 Å². The summed E-state index contributed by atoms with van der Waals surface area (Å²) in [5.74, 6) is 0. The fourth-order valence-corrected chi connectivity index (χ4v) is 0.870. The highest BCUT2D eigenvalue weighted by Gasteiger charge is 2.09. The minimum atomic E-state index is -1.46. The van der Waals surface area contributed by atoms with Crippen LogP contribution < -0.4 is 5.46 Å². The van der Waals surface area contributed by atoms with E-state index in [2.05, 4.69) is 5.18 Å². The molecule has 0 bridgehead atoms. The van der Waals surface area contributed by atoms with Crippen molar-refractivity contribution in [3.63, 3.8) is 0 Å². The highest BCUT2D eigenvalue weighted by molar-refractivity contribution is 6.58.